The van der Waals surface area contributed by atoms with Gasteiger partial charge in [0.1, 0.15) is 17.2 Å². The van der Waals surface area contributed by atoms with Crippen LogP contribution in [0.4, 0.5) is 10.5 Å². The second-order valence-corrected chi connectivity index (χ2v) is 8.95. The van der Waals surface area contributed by atoms with Gasteiger partial charge in [-0.1, -0.05) is 0 Å². The number of carbonyl (C=O) groups is 1. The lowest BCUT2D eigenvalue weighted by atomic mass is 9.92. The third-order valence-electron chi connectivity index (χ3n) is 6.83. The summed E-state index contributed by atoms with van der Waals surface area (Å²) >= 11 is 0. The first-order valence-corrected chi connectivity index (χ1v) is 11.8. The highest BCUT2D eigenvalue weighted by Crippen LogP contribution is 2.45. The van der Waals surface area contributed by atoms with E-state index in [-0.39, 0.29) is 6.04 Å². The van der Waals surface area contributed by atoms with Crippen molar-refractivity contribution in [1.29, 1.82) is 0 Å². The van der Waals surface area contributed by atoms with E-state index < -0.39 is 6.09 Å². The zero-order valence-corrected chi connectivity index (χ0v) is 19.5. The fourth-order valence-electron chi connectivity index (χ4n) is 4.95. The Kier molecular flexibility index (Phi) is 6.15. The summed E-state index contributed by atoms with van der Waals surface area (Å²) in [7, 11) is 1.63. The van der Waals surface area contributed by atoms with Gasteiger partial charge in [-0.25, -0.2) is 4.79 Å². The topological polar surface area (TPSA) is 88.9 Å². The third kappa shape index (κ3) is 4.21. The van der Waals surface area contributed by atoms with Crippen molar-refractivity contribution in [3.05, 3.63) is 54.4 Å². The van der Waals surface area contributed by atoms with Gasteiger partial charge in [0.05, 0.1) is 25.0 Å². The lowest BCUT2D eigenvalue weighted by Gasteiger charge is -2.34. The molecule has 2 aliphatic rings. The Morgan fingerprint density at radius 3 is 2.53 bits per heavy atom. The van der Waals surface area contributed by atoms with E-state index in [9.17, 15) is 9.90 Å². The predicted octanol–water partition coefficient (Wildman–Crippen LogP) is 5.09. The van der Waals surface area contributed by atoms with E-state index in [1.54, 1.807) is 7.11 Å². The molecule has 0 aliphatic carbocycles. The molecule has 0 unspecified atom stereocenters. The molecule has 0 saturated carbocycles. The number of fused-ring (bicyclic) bond motifs is 1. The van der Waals surface area contributed by atoms with Gasteiger partial charge in [0.2, 0.25) is 0 Å². The Labute approximate surface area is 199 Å². The number of ether oxygens (including phenoxy) is 2. The molecule has 34 heavy (non-hydrogen) atoms. The minimum Gasteiger partial charge on any atom is -0.497 e. The summed E-state index contributed by atoms with van der Waals surface area (Å²) in [4.78, 5) is 13.5. The van der Waals surface area contributed by atoms with E-state index in [0.29, 0.717) is 23.2 Å². The van der Waals surface area contributed by atoms with Crippen LogP contribution in [0.15, 0.2) is 48.8 Å². The molecular formula is C26H30N4O4. The van der Waals surface area contributed by atoms with Gasteiger partial charge in [-0.05, 0) is 82.1 Å². The van der Waals surface area contributed by atoms with Crippen LogP contribution in [0.3, 0.4) is 0 Å². The molecule has 2 aliphatic heterocycles. The summed E-state index contributed by atoms with van der Waals surface area (Å²) in [5, 5.41) is 17.9. The highest BCUT2D eigenvalue weighted by molar-refractivity contribution is 5.91. The molecule has 1 fully saturated rings. The van der Waals surface area contributed by atoms with E-state index in [2.05, 4.69) is 21.3 Å². The number of hydrogen-bond donors (Lipinski definition) is 2. The largest absolute Gasteiger partial charge is 0.497 e. The van der Waals surface area contributed by atoms with Crippen LogP contribution in [-0.4, -0.2) is 47.2 Å². The fourth-order valence-corrected chi connectivity index (χ4v) is 4.95. The average Bonchev–Trinajstić information content (AvgIpc) is 3.35. The minimum absolute atomic E-state index is 0.0904. The fraction of sp³-hybridized carbons (Fsp3) is 0.385. The molecule has 1 aromatic heterocycles. The predicted molar refractivity (Wildman–Crippen MR) is 130 cm³/mol. The monoisotopic (exact) mass is 462 g/mol. The number of piperidine rings is 1. The number of hydrogen-bond acceptors (Lipinski definition) is 5. The van der Waals surface area contributed by atoms with E-state index in [1.807, 2.05) is 49.5 Å². The summed E-state index contributed by atoms with van der Waals surface area (Å²) in [5.41, 5.74) is 3.47. The number of benzene rings is 2. The van der Waals surface area contributed by atoms with E-state index in [0.717, 1.165) is 61.2 Å². The van der Waals surface area contributed by atoms with Crippen molar-refractivity contribution in [2.24, 2.45) is 0 Å². The van der Waals surface area contributed by atoms with Crippen molar-refractivity contribution in [2.45, 2.75) is 44.7 Å². The van der Waals surface area contributed by atoms with Crippen molar-refractivity contribution in [2.75, 3.05) is 25.1 Å². The Hall–Kier alpha value is -3.52. The lowest BCUT2D eigenvalue weighted by molar-refractivity contribution is 0.198. The maximum absolute atomic E-state index is 12.1. The van der Waals surface area contributed by atoms with Crippen LogP contribution in [0.5, 0.6) is 17.2 Å². The minimum atomic E-state index is -0.949. The van der Waals surface area contributed by atoms with Gasteiger partial charge >= 0.3 is 6.09 Å². The van der Waals surface area contributed by atoms with Gasteiger partial charge < -0.3 is 19.9 Å². The van der Waals surface area contributed by atoms with Crippen LogP contribution in [0.2, 0.25) is 0 Å². The summed E-state index contributed by atoms with van der Waals surface area (Å²) in [6, 6.07) is 11.6. The normalized spacial score (nSPS) is 18.4. The van der Waals surface area contributed by atoms with Crippen molar-refractivity contribution >= 4 is 11.8 Å². The van der Waals surface area contributed by atoms with Gasteiger partial charge in [-0.2, -0.15) is 5.10 Å². The van der Waals surface area contributed by atoms with Crippen molar-refractivity contribution < 1.29 is 19.4 Å². The molecule has 1 saturated heterocycles. The molecule has 0 radical (unpaired) electrons. The molecule has 2 N–H and O–H groups in total. The number of nitrogens with one attached hydrogen (secondary N) is 1. The number of anilines is 1. The highest BCUT2D eigenvalue weighted by atomic mass is 16.5. The number of nitrogens with zero attached hydrogens (tertiary/aromatic N) is 3. The molecule has 8 heteroatoms. The smallest absolute Gasteiger partial charge is 0.412 e. The maximum atomic E-state index is 12.1. The van der Waals surface area contributed by atoms with E-state index >= 15 is 0 Å². The second-order valence-electron chi connectivity index (χ2n) is 8.95. The SMILES string of the molecule is COc1ccc(Oc2c(-c3cnn(C4CCNCC4)c3)ccc3c2CC[C@H](C)N3C(=O)O)cc1. The molecule has 1 atom stereocenters. The van der Waals surface area contributed by atoms with Gasteiger partial charge in [-0.3, -0.25) is 9.58 Å². The molecule has 3 aromatic rings. The number of rotatable bonds is 5. The van der Waals surface area contributed by atoms with Crippen LogP contribution in [-0.2, 0) is 6.42 Å². The van der Waals surface area contributed by atoms with Gasteiger partial charge in [0.15, 0.2) is 0 Å². The standard InChI is InChI=1S/C26H30N4O4/c1-17-3-8-23-24(30(17)26(31)32)10-9-22(25(23)34-21-6-4-20(33-2)5-7-21)18-15-28-29(16-18)19-11-13-27-14-12-19/h4-7,9-10,15-17,19,27H,3,8,11-14H2,1-2H3,(H,31,32)/t17-/m0/s1. The van der Waals surface area contributed by atoms with E-state index in [1.165, 1.54) is 4.90 Å². The highest BCUT2D eigenvalue weighted by Gasteiger charge is 2.32. The van der Waals surface area contributed by atoms with Gasteiger partial charge in [0.25, 0.3) is 0 Å². The quantitative estimate of drug-likeness (QED) is 0.549. The second kappa shape index (κ2) is 9.38. The maximum Gasteiger partial charge on any atom is 0.412 e. The Bertz CT molecular complexity index is 1170. The van der Waals surface area contributed by atoms with E-state index in [4.69, 9.17) is 9.47 Å². The van der Waals surface area contributed by atoms with Crippen molar-refractivity contribution in [3.63, 3.8) is 0 Å². The summed E-state index contributed by atoms with van der Waals surface area (Å²) in [5.74, 6) is 2.10. The zero-order valence-electron chi connectivity index (χ0n) is 19.5. The lowest BCUT2D eigenvalue weighted by Crippen LogP contribution is -2.41. The number of carboxylic acid groups (broad SMARTS) is 1. The molecule has 1 amide bonds. The molecule has 5 rings (SSSR count). The zero-order chi connectivity index (χ0) is 23.7. The first-order chi connectivity index (χ1) is 16.5. The van der Waals surface area contributed by atoms with Crippen LogP contribution < -0.4 is 19.7 Å². The number of aromatic nitrogens is 2. The van der Waals surface area contributed by atoms with Crippen molar-refractivity contribution in [1.82, 2.24) is 15.1 Å². The third-order valence-corrected chi connectivity index (χ3v) is 6.83. The molecule has 178 valence electrons. The summed E-state index contributed by atoms with van der Waals surface area (Å²) < 4.78 is 13.8. The van der Waals surface area contributed by atoms with Crippen LogP contribution in [0.25, 0.3) is 11.1 Å². The molecule has 0 bridgehead atoms. The average molecular weight is 463 g/mol. The Morgan fingerprint density at radius 1 is 1.09 bits per heavy atom. The first-order valence-electron chi connectivity index (χ1n) is 11.8. The molecular weight excluding hydrogens is 432 g/mol. The summed E-state index contributed by atoms with van der Waals surface area (Å²) in [6.45, 7) is 3.93. The van der Waals surface area contributed by atoms with Crippen LogP contribution in [0.1, 0.15) is 37.8 Å². The molecule has 3 heterocycles. The number of amides is 1. The number of methoxy groups -OCH3 is 1. The Balaban J connectivity index is 1.58. The van der Waals surface area contributed by atoms with Crippen LogP contribution in [0, 0.1) is 0 Å². The Morgan fingerprint density at radius 2 is 1.82 bits per heavy atom. The molecule has 8 nitrogen and oxygen atoms in total. The summed E-state index contributed by atoms with van der Waals surface area (Å²) in [6.07, 6.45) is 6.58. The molecule has 2 aromatic carbocycles. The van der Waals surface area contributed by atoms with Gasteiger partial charge in [0, 0.05) is 28.9 Å². The van der Waals surface area contributed by atoms with Crippen LogP contribution >= 0.6 is 0 Å². The van der Waals surface area contributed by atoms with Crippen molar-refractivity contribution in [3.8, 4) is 28.4 Å². The first kappa shape index (κ1) is 22.3. The molecule has 0 spiro atoms. The van der Waals surface area contributed by atoms with Gasteiger partial charge in [-0.15, -0.1) is 0 Å².